The van der Waals surface area contributed by atoms with E-state index in [4.69, 9.17) is 14.2 Å². The van der Waals surface area contributed by atoms with Crippen LogP contribution >= 0.6 is 0 Å². The first-order valence-electron chi connectivity index (χ1n) is 9.06. The van der Waals surface area contributed by atoms with Gasteiger partial charge < -0.3 is 19.5 Å². The predicted octanol–water partition coefficient (Wildman–Crippen LogP) is 3.86. The number of benzene rings is 2. The van der Waals surface area contributed by atoms with Crippen LogP contribution in [0, 0.1) is 0 Å². The van der Waals surface area contributed by atoms with E-state index in [1.165, 1.54) is 6.08 Å². The van der Waals surface area contributed by atoms with Gasteiger partial charge in [0.15, 0.2) is 11.5 Å². The summed E-state index contributed by atoms with van der Waals surface area (Å²) in [6.45, 7) is 3.32. The van der Waals surface area contributed by atoms with Crippen LogP contribution in [0.2, 0.25) is 0 Å². The van der Waals surface area contributed by atoms with Crippen molar-refractivity contribution in [2.45, 2.75) is 19.8 Å². The molecule has 0 radical (unpaired) electrons. The summed E-state index contributed by atoms with van der Waals surface area (Å²) in [5.41, 5.74) is 2.02. The summed E-state index contributed by atoms with van der Waals surface area (Å²) in [5, 5.41) is 2.88. The van der Waals surface area contributed by atoms with E-state index in [0.29, 0.717) is 31.1 Å². The van der Waals surface area contributed by atoms with E-state index >= 15 is 0 Å². The van der Waals surface area contributed by atoms with Crippen molar-refractivity contribution in [1.29, 1.82) is 0 Å². The number of amides is 1. The van der Waals surface area contributed by atoms with Crippen molar-refractivity contribution >= 4 is 12.0 Å². The fourth-order valence-corrected chi connectivity index (χ4v) is 2.49. The Hall–Kier alpha value is -2.95. The zero-order valence-electron chi connectivity index (χ0n) is 16.2. The maximum atomic E-state index is 12.0. The molecule has 0 fully saturated rings. The Morgan fingerprint density at radius 1 is 1.04 bits per heavy atom. The van der Waals surface area contributed by atoms with Gasteiger partial charge in [-0.2, -0.15) is 0 Å². The molecular weight excluding hydrogens is 342 g/mol. The van der Waals surface area contributed by atoms with Crippen LogP contribution in [0.25, 0.3) is 6.08 Å². The molecule has 5 nitrogen and oxygen atoms in total. The van der Waals surface area contributed by atoms with Crippen molar-refractivity contribution in [1.82, 2.24) is 5.32 Å². The van der Waals surface area contributed by atoms with Crippen molar-refractivity contribution in [2.24, 2.45) is 0 Å². The molecule has 0 saturated heterocycles. The maximum absolute atomic E-state index is 12.0. The van der Waals surface area contributed by atoms with Crippen LogP contribution in [-0.4, -0.2) is 33.3 Å². The van der Waals surface area contributed by atoms with Gasteiger partial charge >= 0.3 is 0 Å². The van der Waals surface area contributed by atoms with Crippen molar-refractivity contribution < 1.29 is 19.0 Å². The third kappa shape index (κ3) is 6.70. The van der Waals surface area contributed by atoms with Crippen LogP contribution in [0.3, 0.4) is 0 Å². The fourth-order valence-electron chi connectivity index (χ4n) is 2.49. The van der Waals surface area contributed by atoms with Gasteiger partial charge in [-0.05, 0) is 54.3 Å². The number of carbonyl (C=O) groups is 1. The van der Waals surface area contributed by atoms with Crippen LogP contribution in [0.1, 0.15) is 24.5 Å². The van der Waals surface area contributed by atoms with Gasteiger partial charge in [0.05, 0.1) is 20.8 Å². The second-order valence-electron chi connectivity index (χ2n) is 5.98. The van der Waals surface area contributed by atoms with E-state index in [-0.39, 0.29) is 5.91 Å². The molecular formula is C22H27NO4. The summed E-state index contributed by atoms with van der Waals surface area (Å²) >= 11 is 0. The molecule has 144 valence electrons. The summed E-state index contributed by atoms with van der Waals surface area (Å²) < 4.78 is 16.1. The van der Waals surface area contributed by atoms with Gasteiger partial charge in [-0.15, -0.1) is 0 Å². The quantitative estimate of drug-likeness (QED) is 0.646. The second kappa shape index (κ2) is 10.9. The van der Waals surface area contributed by atoms with E-state index < -0.39 is 0 Å². The number of rotatable bonds is 10. The van der Waals surface area contributed by atoms with Crippen molar-refractivity contribution in [3.63, 3.8) is 0 Å². The predicted molar refractivity (Wildman–Crippen MR) is 108 cm³/mol. The third-order valence-electron chi connectivity index (χ3n) is 3.94. The molecule has 5 heteroatoms. The third-order valence-corrected chi connectivity index (χ3v) is 3.94. The minimum Gasteiger partial charge on any atom is -0.494 e. The first kappa shape index (κ1) is 20.4. The maximum Gasteiger partial charge on any atom is 0.244 e. The zero-order valence-corrected chi connectivity index (χ0v) is 16.2. The molecule has 0 aliphatic rings. The largest absolute Gasteiger partial charge is 0.494 e. The van der Waals surface area contributed by atoms with E-state index in [2.05, 4.69) is 12.2 Å². The van der Waals surface area contributed by atoms with Gasteiger partial charge in [-0.1, -0.05) is 25.1 Å². The molecule has 0 aliphatic carbocycles. The molecule has 2 aromatic carbocycles. The van der Waals surface area contributed by atoms with Gasteiger partial charge in [-0.3, -0.25) is 4.79 Å². The van der Waals surface area contributed by atoms with Gasteiger partial charge in [0.1, 0.15) is 5.75 Å². The van der Waals surface area contributed by atoms with E-state index in [1.807, 2.05) is 42.5 Å². The Bertz CT molecular complexity index is 753. The Kier molecular flexibility index (Phi) is 8.23. The standard InChI is InChI=1S/C22H27NO4/c1-4-15-27-19-9-5-17(6-10-19)8-12-22(24)23-14-13-18-7-11-20(25-2)21(16-18)26-3/h5-12,16H,4,13-15H2,1-3H3,(H,23,24). The van der Waals surface area contributed by atoms with Crippen LogP contribution < -0.4 is 19.5 Å². The molecule has 2 aromatic rings. The lowest BCUT2D eigenvalue weighted by Crippen LogP contribution is -2.23. The van der Waals surface area contributed by atoms with Gasteiger partial charge in [-0.25, -0.2) is 0 Å². The molecule has 1 amide bonds. The number of hydrogen-bond acceptors (Lipinski definition) is 4. The first-order chi connectivity index (χ1) is 13.2. The topological polar surface area (TPSA) is 56.8 Å². The van der Waals surface area contributed by atoms with Crippen molar-refractivity contribution in [2.75, 3.05) is 27.4 Å². The summed E-state index contributed by atoms with van der Waals surface area (Å²) in [6, 6.07) is 13.4. The average molecular weight is 369 g/mol. The lowest BCUT2D eigenvalue weighted by Gasteiger charge is -2.09. The van der Waals surface area contributed by atoms with Gasteiger partial charge in [0.25, 0.3) is 0 Å². The Balaban J connectivity index is 1.79. The highest BCUT2D eigenvalue weighted by Crippen LogP contribution is 2.27. The molecule has 0 spiro atoms. The lowest BCUT2D eigenvalue weighted by molar-refractivity contribution is -0.116. The number of nitrogens with one attached hydrogen (secondary N) is 1. The van der Waals surface area contributed by atoms with Crippen molar-refractivity contribution in [3.8, 4) is 17.2 Å². The molecule has 0 aromatic heterocycles. The highest BCUT2D eigenvalue weighted by Gasteiger charge is 2.04. The smallest absolute Gasteiger partial charge is 0.244 e. The van der Waals surface area contributed by atoms with Crippen LogP contribution in [0.4, 0.5) is 0 Å². The monoisotopic (exact) mass is 369 g/mol. The zero-order chi connectivity index (χ0) is 19.5. The summed E-state index contributed by atoms with van der Waals surface area (Å²) in [6.07, 6.45) is 5.01. The van der Waals surface area contributed by atoms with Crippen molar-refractivity contribution in [3.05, 3.63) is 59.7 Å². The van der Waals surface area contributed by atoms with E-state index in [9.17, 15) is 4.79 Å². The van der Waals surface area contributed by atoms with Crippen LogP contribution in [-0.2, 0) is 11.2 Å². The van der Waals surface area contributed by atoms with Crippen LogP contribution in [0.15, 0.2) is 48.5 Å². The highest BCUT2D eigenvalue weighted by molar-refractivity contribution is 5.91. The molecule has 2 rings (SSSR count). The Morgan fingerprint density at radius 2 is 1.78 bits per heavy atom. The SMILES string of the molecule is CCCOc1ccc(C=CC(=O)NCCc2ccc(OC)c(OC)c2)cc1. The lowest BCUT2D eigenvalue weighted by atomic mass is 10.1. The minimum atomic E-state index is -0.123. The average Bonchev–Trinajstić information content (AvgIpc) is 2.71. The molecule has 0 atom stereocenters. The normalized spacial score (nSPS) is 10.6. The molecule has 0 saturated carbocycles. The molecule has 0 aliphatic heterocycles. The second-order valence-corrected chi connectivity index (χ2v) is 5.98. The van der Waals surface area contributed by atoms with Gasteiger partial charge in [0.2, 0.25) is 5.91 Å². The summed E-state index contributed by atoms with van der Waals surface area (Å²) in [4.78, 5) is 12.0. The number of hydrogen-bond donors (Lipinski definition) is 1. The first-order valence-corrected chi connectivity index (χ1v) is 9.06. The molecule has 27 heavy (non-hydrogen) atoms. The number of methoxy groups -OCH3 is 2. The molecule has 1 N–H and O–H groups in total. The minimum absolute atomic E-state index is 0.123. The van der Waals surface area contributed by atoms with E-state index in [0.717, 1.165) is 23.3 Å². The van der Waals surface area contributed by atoms with Gasteiger partial charge in [0, 0.05) is 12.6 Å². The molecule has 0 unspecified atom stereocenters. The van der Waals surface area contributed by atoms with Crippen LogP contribution in [0.5, 0.6) is 17.2 Å². The number of carbonyl (C=O) groups excluding carboxylic acids is 1. The summed E-state index contributed by atoms with van der Waals surface area (Å²) in [5.74, 6) is 2.10. The Morgan fingerprint density at radius 3 is 2.44 bits per heavy atom. The molecule has 0 heterocycles. The summed E-state index contributed by atoms with van der Waals surface area (Å²) in [7, 11) is 3.21. The molecule has 0 bridgehead atoms. The fraction of sp³-hybridized carbons (Fsp3) is 0.318. The van der Waals surface area contributed by atoms with E-state index in [1.54, 1.807) is 20.3 Å². The highest BCUT2D eigenvalue weighted by atomic mass is 16.5. The number of ether oxygens (including phenoxy) is 3. The Labute approximate surface area is 161 Å².